The van der Waals surface area contributed by atoms with E-state index in [0.717, 1.165) is 18.5 Å². The Morgan fingerprint density at radius 1 is 1.41 bits per heavy atom. The molecule has 1 heterocycles. The Balaban J connectivity index is 2.33. The van der Waals surface area contributed by atoms with Crippen molar-refractivity contribution in [2.75, 3.05) is 6.54 Å². The van der Waals surface area contributed by atoms with Crippen LogP contribution >= 0.6 is 0 Å². The lowest BCUT2D eigenvalue weighted by Gasteiger charge is -2.30. The van der Waals surface area contributed by atoms with Crippen molar-refractivity contribution in [3.05, 3.63) is 29.3 Å². The van der Waals surface area contributed by atoms with E-state index in [0.29, 0.717) is 5.92 Å². The summed E-state index contributed by atoms with van der Waals surface area (Å²) in [6.45, 7) is 2.38. The summed E-state index contributed by atoms with van der Waals surface area (Å²) in [6, 6.07) is 5.50. The van der Waals surface area contributed by atoms with Crippen molar-refractivity contribution in [3.63, 3.8) is 0 Å². The minimum Gasteiger partial charge on any atom is -0.435 e. The van der Waals surface area contributed by atoms with Gasteiger partial charge in [0.05, 0.1) is 0 Å². The molecule has 0 aliphatic carbocycles. The molecule has 0 radical (unpaired) electrons. The van der Waals surface area contributed by atoms with Crippen molar-refractivity contribution in [1.82, 2.24) is 5.32 Å². The summed E-state index contributed by atoms with van der Waals surface area (Å²) in [5.74, 6) is 0.654. The summed E-state index contributed by atoms with van der Waals surface area (Å²) in [4.78, 5) is 0. The van der Waals surface area contributed by atoms with Crippen molar-refractivity contribution in [1.29, 1.82) is 0 Å². The van der Waals surface area contributed by atoms with Crippen LogP contribution in [0.15, 0.2) is 18.2 Å². The number of nitrogens with one attached hydrogen (secondary N) is 1. The number of benzene rings is 1. The third-order valence-corrected chi connectivity index (χ3v) is 3.27. The predicted molar refractivity (Wildman–Crippen MR) is 62.5 cm³/mol. The average Bonchev–Trinajstić information content (AvgIpc) is 2.29. The van der Waals surface area contributed by atoms with Gasteiger partial charge in [-0.15, -0.1) is 0 Å². The SMILES string of the molecule is CCC1NCC(C)c2ccc(OC(F)F)cc21. The molecule has 2 unspecified atom stereocenters. The van der Waals surface area contributed by atoms with Crippen LogP contribution in [-0.4, -0.2) is 13.2 Å². The second kappa shape index (κ2) is 5.00. The van der Waals surface area contributed by atoms with Crippen LogP contribution in [0.4, 0.5) is 8.78 Å². The Morgan fingerprint density at radius 2 is 2.18 bits per heavy atom. The van der Waals surface area contributed by atoms with Crippen LogP contribution in [0.2, 0.25) is 0 Å². The molecule has 1 aromatic rings. The van der Waals surface area contributed by atoms with Gasteiger partial charge in [0, 0.05) is 12.6 Å². The van der Waals surface area contributed by atoms with Gasteiger partial charge in [0.25, 0.3) is 0 Å². The number of ether oxygens (including phenoxy) is 1. The summed E-state index contributed by atoms with van der Waals surface area (Å²) in [5, 5.41) is 3.41. The zero-order valence-electron chi connectivity index (χ0n) is 10.0. The molecule has 1 aliphatic heterocycles. The smallest absolute Gasteiger partial charge is 0.387 e. The van der Waals surface area contributed by atoms with Crippen LogP contribution in [0.3, 0.4) is 0 Å². The Bertz CT molecular complexity index is 395. The van der Waals surface area contributed by atoms with Gasteiger partial charge in [-0.05, 0) is 35.6 Å². The molecule has 0 aromatic heterocycles. The molecule has 2 nitrogen and oxygen atoms in total. The number of fused-ring (bicyclic) bond motifs is 1. The maximum atomic E-state index is 12.2. The van der Waals surface area contributed by atoms with E-state index in [1.165, 1.54) is 5.56 Å². The monoisotopic (exact) mass is 241 g/mol. The molecule has 0 spiro atoms. The molecule has 2 atom stereocenters. The minimum absolute atomic E-state index is 0.238. The van der Waals surface area contributed by atoms with Gasteiger partial charge in [-0.2, -0.15) is 8.78 Å². The second-order valence-electron chi connectivity index (χ2n) is 4.44. The van der Waals surface area contributed by atoms with E-state index in [1.54, 1.807) is 12.1 Å². The molecule has 0 bridgehead atoms. The van der Waals surface area contributed by atoms with E-state index >= 15 is 0 Å². The van der Waals surface area contributed by atoms with Crippen LogP contribution in [0, 0.1) is 0 Å². The first-order chi connectivity index (χ1) is 8.11. The number of rotatable bonds is 3. The Labute approximate surface area is 100.0 Å². The Hall–Kier alpha value is -1.16. The lowest BCUT2D eigenvalue weighted by molar-refractivity contribution is -0.0499. The van der Waals surface area contributed by atoms with Gasteiger partial charge in [0.2, 0.25) is 0 Å². The van der Waals surface area contributed by atoms with Crippen molar-refractivity contribution in [2.24, 2.45) is 0 Å². The summed E-state index contributed by atoms with van der Waals surface area (Å²) < 4.78 is 28.8. The molecular formula is C13H17F2NO. The molecule has 0 saturated carbocycles. The molecule has 0 amide bonds. The maximum absolute atomic E-state index is 12.2. The third kappa shape index (κ3) is 2.57. The molecule has 94 valence electrons. The summed E-state index contributed by atoms with van der Waals surface area (Å²) in [6.07, 6.45) is 0.942. The molecule has 2 rings (SSSR count). The van der Waals surface area contributed by atoms with Gasteiger partial charge in [-0.1, -0.05) is 19.9 Å². The second-order valence-corrected chi connectivity index (χ2v) is 4.44. The van der Waals surface area contributed by atoms with Crippen molar-refractivity contribution in [2.45, 2.75) is 38.8 Å². The fourth-order valence-electron chi connectivity index (χ4n) is 2.38. The number of hydrogen-bond donors (Lipinski definition) is 1. The lowest BCUT2D eigenvalue weighted by atomic mass is 9.86. The molecule has 1 N–H and O–H groups in total. The van der Waals surface area contributed by atoms with E-state index < -0.39 is 6.61 Å². The van der Waals surface area contributed by atoms with E-state index in [9.17, 15) is 8.78 Å². The van der Waals surface area contributed by atoms with Gasteiger partial charge < -0.3 is 10.1 Å². The first-order valence-corrected chi connectivity index (χ1v) is 5.93. The van der Waals surface area contributed by atoms with E-state index in [1.807, 2.05) is 6.07 Å². The van der Waals surface area contributed by atoms with Gasteiger partial charge in [0.1, 0.15) is 5.75 Å². The van der Waals surface area contributed by atoms with Gasteiger partial charge in [-0.25, -0.2) is 0 Å². The minimum atomic E-state index is -2.76. The number of halogens is 2. The third-order valence-electron chi connectivity index (χ3n) is 3.27. The molecule has 1 aliphatic rings. The average molecular weight is 241 g/mol. The van der Waals surface area contributed by atoms with Crippen LogP contribution < -0.4 is 10.1 Å². The fourth-order valence-corrected chi connectivity index (χ4v) is 2.38. The summed E-state index contributed by atoms with van der Waals surface area (Å²) in [7, 11) is 0. The molecular weight excluding hydrogens is 224 g/mol. The highest BCUT2D eigenvalue weighted by molar-refractivity contribution is 5.41. The van der Waals surface area contributed by atoms with Gasteiger partial charge in [-0.3, -0.25) is 0 Å². The van der Waals surface area contributed by atoms with E-state index in [2.05, 4.69) is 23.9 Å². The van der Waals surface area contributed by atoms with Crippen LogP contribution in [-0.2, 0) is 0 Å². The van der Waals surface area contributed by atoms with Crippen LogP contribution in [0.25, 0.3) is 0 Å². The Morgan fingerprint density at radius 3 is 2.82 bits per heavy atom. The van der Waals surface area contributed by atoms with Crippen molar-refractivity contribution < 1.29 is 13.5 Å². The topological polar surface area (TPSA) is 21.3 Å². The highest BCUT2D eigenvalue weighted by Crippen LogP contribution is 2.34. The molecule has 0 fully saturated rings. The molecule has 0 saturated heterocycles. The lowest BCUT2D eigenvalue weighted by Crippen LogP contribution is -2.31. The normalized spacial score (nSPS) is 23.6. The van der Waals surface area contributed by atoms with Gasteiger partial charge in [0.15, 0.2) is 0 Å². The number of hydrogen-bond acceptors (Lipinski definition) is 2. The van der Waals surface area contributed by atoms with E-state index in [4.69, 9.17) is 0 Å². The van der Waals surface area contributed by atoms with Crippen LogP contribution in [0.5, 0.6) is 5.75 Å². The first-order valence-electron chi connectivity index (χ1n) is 5.93. The first kappa shape index (κ1) is 12.3. The molecule has 1 aromatic carbocycles. The highest BCUT2D eigenvalue weighted by atomic mass is 19.3. The zero-order valence-corrected chi connectivity index (χ0v) is 10.0. The van der Waals surface area contributed by atoms with E-state index in [-0.39, 0.29) is 11.8 Å². The highest BCUT2D eigenvalue weighted by Gasteiger charge is 2.23. The quantitative estimate of drug-likeness (QED) is 0.875. The Kier molecular flexibility index (Phi) is 3.62. The van der Waals surface area contributed by atoms with Crippen LogP contribution in [0.1, 0.15) is 43.4 Å². The maximum Gasteiger partial charge on any atom is 0.387 e. The summed E-state index contributed by atoms with van der Waals surface area (Å²) >= 11 is 0. The van der Waals surface area contributed by atoms with Gasteiger partial charge >= 0.3 is 6.61 Å². The molecule has 4 heteroatoms. The number of alkyl halides is 2. The van der Waals surface area contributed by atoms with Crippen molar-refractivity contribution in [3.8, 4) is 5.75 Å². The standard InChI is InChI=1S/C13H17F2NO/c1-3-12-11-6-9(17-13(14)15)4-5-10(11)8(2)7-16-12/h4-6,8,12-13,16H,3,7H2,1-2H3. The fraction of sp³-hybridized carbons (Fsp3) is 0.538. The predicted octanol–water partition coefficient (Wildman–Crippen LogP) is 3.45. The largest absolute Gasteiger partial charge is 0.435 e. The van der Waals surface area contributed by atoms with Crippen molar-refractivity contribution >= 4 is 0 Å². The zero-order chi connectivity index (χ0) is 12.4. The molecule has 17 heavy (non-hydrogen) atoms. The summed E-state index contributed by atoms with van der Waals surface area (Å²) in [5.41, 5.74) is 2.32.